The minimum atomic E-state index is -0.212. The number of benzene rings is 1. The van der Waals surface area contributed by atoms with Gasteiger partial charge in [-0.2, -0.15) is 0 Å². The first-order valence-electron chi connectivity index (χ1n) is 12.5. The van der Waals surface area contributed by atoms with Crippen LogP contribution in [0.3, 0.4) is 0 Å². The van der Waals surface area contributed by atoms with Gasteiger partial charge in [-0.25, -0.2) is 4.98 Å². The molecule has 3 aromatic rings. The summed E-state index contributed by atoms with van der Waals surface area (Å²) in [6, 6.07) is 13.9. The summed E-state index contributed by atoms with van der Waals surface area (Å²) in [7, 11) is 0. The molecule has 1 N–H and O–H groups in total. The van der Waals surface area contributed by atoms with Crippen LogP contribution in [-0.2, 0) is 11.2 Å². The maximum absolute atomic E-state index is 13.5. The Balaban J connectivity index is 1.60. The van der Waals surface area contributed by atoms with Gasteiger partial charge in [0.05, 0.1) is 10.5 Å². The van der Waals surface area contributed by atoms with Crippen LogP contribution in [0.4, 0.5) is 5.82 Å². The number of amides is 1. The number of unbranched alkanes of at least 4 members (excludes halogenated alkanes) is 4. The van der Waals surface area contributed by atoms with Gasteiger partial charge < -0.3 is 5.32 Å². The molecule has 1 aliphatic heterocycles. The lowest BCUT2D eigenvalue weighted by Crippen LogP contribution is -2.29. The maximum atomic E-state index is 13.5. The number of hydrogen-bond donors (Lipinski definition) is 1. The lowest BCUT2D eigenvalue weighted by Gasteiger charge is -2.14. The lowest BCUT2D eigenvalue weighted by atomic mass is 10.1. The SMILES string of the molecule is CCCCCCCN1C(=O)C(=Cc2c(NCCc3ccccc3)nc3ccc(C)cn3c2=O)SC1=S. The predicted molar refractivity (Wildman–Crippen MR) is 153 cm³/mol. The van der Waals surface area contributed by atoms with Crippen LogP contribution >= 0.6 is 24.0 Å². The van der Waals surface area contributed by atoms with E-state index in [1.54, 1.807) is 17.2 Å². The van der Waals surface area contributed by atoms with Crippen LogP contribution in [0.2, 0.25) is 0 Å². The highest BCUT2D eigenvalue weighted by molar-refractivity contribution is 8.26. The van der Waals surface area contributed by atoms with Crippen LogP contribution in [0.1, 0.15) is 55.7 Å². The Kier molecular flexibility index (Phi) is 8.93. The molecule has 0 saturated carbocycles. The Bertz CT molecular complexity index is 1330. The third-order valence-corrected chi connectivity index (χ3v) is 7.57. The highest BCUT2D eigenvalue weighted by Crippen LogP contribution is 2.33. The van der Waals surface area contributed by atoms with Gasteiger partial charge in [0.2, 0.25) is 0 Å². The second-order valence-corrected chi connectivity index (χ2v) is 10.7. The van der Waals surface area contributed by atoms with E-state index >= 15 is 0 Å². The molecule has 0 spiro atoms. The Morgan fingerprint density at radius 3 is 2.61 bits per heavy atom. The zero-order valence-electron chi connectivity index (χ0n) is 20.8. The van der Waals surface area contributed by atoms with E-state index in [-0.39, 0.29) is 11.5 Å². The third-order valence-electron chi connectivity index (χ3n) is 6.19. The molecule has 0 aliphatic carbocycles. The minimum absolute atomic E-state index is 0.135. The molecule has 1 aromatic carbocycles. The van der Waals surface area contributed by atoms with Gasteiger partial charge in [-0.05, 0) is 43.0 Å². The van der Waals surface area contributed by atoms with E-state index in [0.29, 0.717) is 39.3 Å². The molecule has 1 amide bonds. The molecule has 8 heteroatoms. The van der Waals surface area contributed by atoms with E-state index in [9.17, 15) is 9.59 Å². The Hall–Kier alpha value is -2.97. The molecule has 0 radical (unpaired) electrons. The summed E-state index contributed by atoms with van der Waals surface area (Å²) in [5.41, 5.74) is 2.87. The number of anilines is 1. The summed E-state index contributed by atoms with van der Waals surface area (Å²) in [5, 5.41) is 3.34. The summed E-state index contributed by atoms with van der Waals surface area (Å²) in [4.78, 5) is 33.6. The van der Waals surface area contributed by atoms with Gasteiger partial charge in [0.25, 0.3) is 11.5 Å². The number of rotatable bonds is 11. The molecule has 188 valence electrons. The number of hydrogen-bond acceptors (Lipinski definition) is 6. The molecule has 0 unspecified atom stereocenters. The molecule has 1 aliphatic rings. The number of carbonyl (C=O) groups excluding carboxylic acids is 1. The van der Waals surface area contributed by atoms with Crippen molar-refractivity contribution in [3.8, 4) is 0 Å². The number of nitrogens with zero attached hydrogens (tertiary/aromatic N) is 3. The molecule has 36 heavy (non-hydrogen) atoms. The molecule has 4 rings (SSSR count). The number of fused-ring (bicyclic) bond motifs is 1. The van der Waals surface area contributed by atoms with Crippen molar-refractivity contribution >= 4 is 51.7 Å². The van der Waals surface area contributed by atoms with Gasteiger partial charge in [-0.3, -0.25) is 18.9 Å². The average Bonchev–Trinajstić information content (AvgIpc) is 3.14. The molecule has 3 heterocycles. The molecule has 6 nitrogen and oxygen atoms in total. The quantitative estimate of drug-likeness (QED) is 0.195. The maximum Gasteiger partial charge on any atom is 0.267 e. The number of nitrogens with one attached hydrogen (secondary N) is 1. The summed E-state index contributed by atoms with van der Waals surface area (Å²) >= 11 is 6.77. The van der Waals surface area contributed by atoms with Crippen molar-refractivity contribution < 1.29 is 4.79 Å². The van der Waals surface area contributed by atoms with E-state index < -0.39 is 0 Å². The van der Waals surface area contributed by atoms with Crippen molar-refractivity contribution in [3.05, 3.63) is 80.6 Å². The summed E-state index contributed by atoms with van der Waals surface area (Å²) < 4.78 is 2.09. The molecular weight excluding hydrogens is 488 g/mol. The highest BCUT2D eigenvalue weighted by atomic mass is 32.2. The van der Waals surface area contributed by atoms with E-state index in [1.165, 1.54) is 34.6 Å². The van der Waals surface area contributed by atoms with Gasteiger partial charge >= 0.3 is 0 Å². The fraction of sp³-hybridized carbons (Fsp3) is 0.357. The minimum Gasteiger partial charge on any atom is -0.369 e. The molecular formula is C28H32N4O2S2. The monoisotopic (exact) mass is 520 g/mol. The van der Waals surface area contributed by atoms with Crippen molar-refractivity contribution in [2.45, 2.75) is 52.4 Å². The van der Waals surface area contributed by atoms with Crippen molar-refractivity contribution in [1.82, 2.24) is 14.3 Å². The van der Waals surface area contributed by atoms with Crippen LogP contribution in [0.25, 0.3) is 11.7 Å². The van der Waals surface area contributed by atoms with E-state index in [0.717, 1.165) is 31.2 Å². The van der Waals surface area contributed by atoms with Crippen molar-refractivity contribution in [2.75, 3.05) is 18.4 Å². The second kappa shape index (κ2) is 12.3. The largest absolute Gasteiger partial charge is 0.369 e. The van der Waals surface area contributed by atoms with Gasteiger partial charge in [0, 0.05) is 19.3 Å². The summed E-state index contributed by atoms with van der Waals surface area (Å²) in [6.45, 7) is 5.34. The Labute approximate surface area is 221 Å². The molecule has 1 saturated heterocycles. The third kappa shape index (κ3) is 6.23. The normalized spacial score (nSPS) is 14.8. The standard InChI is InChI=1S/C28H32N4O2S2/c1-3-4-5-6-10-17-31-27(34)23(36-28(31)35)18-22-25(29-16-15-21-11-8-7-9-12-21)30-24-14-13-20(2)19-32(24)26(22)33/h7-9,11-14,18-19,29H,3-6,10,15-17H2,1-2H3. The number of aryl methyl sites for hydroxylation is 1. The fourth-order valence-corrected chi connectivity index (χ4v) is 5.48. The average molecular weight is 521 g/mol. The smallest absolute Gasteiger partial charge is 0.267 e. The summed E-state index contributed by atoms with van der Waals surface area (Å²) in [5.74, 6) is 0.342. The van der Waals surface area contributed by atoms with E-state index in [2.05, 4.69) is 24.4 Å². The fourth-order valence-electron chi connectivity index (χ4n) is 4.19. The zero-order valence-corrected chi connectivity index (χ0v) is 22.5. The van der Waals surface area contributed by atoms with Crippen LogP contribution in [0, 0.1) is 6.92 Å². The Morgan fingerprint density at radius 1 is 1.06 bits per heavy atom. The van der Waals surface area contributed by atoms with E-state index in [4.69, 9.17) is 17.2 Å². The number of aromatic nitrogens is 2. The molecule has 0 atom stereocenters. The van der Waals surface area contributed by atoms with E-state index in [1.807, 2.05) is 37.3 Å². The highest BCUT2D eigenvalue weighted by Gasteiger charge is 2.32. The van der Waals surface area contributed by atoms with Crippen LogP contribution in [-0.4, -0.2) is 37.6 Å². The first kappa shape index (κ1) is 26.1. The second-order valence-electron chi connectivity index (χ2n) is 9.02. The summed E-state index contributed by atoms with van der Waals surface area (Å²) in [6.07, 6.45) is 9.77. The van der Waals surface area contributed by atoms with Gasteiger partial charge in [0.15, 0.2) is 0 Å². The van der Waals surface area contributed by atoms with Crippen LogP contribution < -0.4 is 10.9 Å². The lowest BCUT2D eigenvalue weighted by molar-refractivity contribution is -0.122. The first-order chi connectivity index (χ1) is 17.5. The molecule has 2 aromatic heterocycles. The number of pyridine rings is 1. The first-order valence-corrected chi connectivity index (χ1v) is 13.8. The van der Waals surface area contributed by atoms with Crippen molar-refractivity contribution in [3.63, 3.8) is 0 Å². The van der Waals surface area contributed by atoms with Crippen molar-refractivity contribution in [1.29, 1.82) is 0 Å². The van der Waals surface area contributed by atoms with Crippen molar-refractivity contribution in [2.24, 2.45) is 0 Å². The topological polar surface area (TPSA) is 66.7 Å². The number of carbonyl (C=O) groups is 1. The number of thiocarbonyl (C=S) groups is 1. The van der Waals surface area contributed by atoms with Gasteiger partial charge in [-0.1, -0.05) is 93.0 Å². The predicted octanol–water partition coefficient (Wildman–Crippen LogP) is 5.83. The zero-order chi connectivity index (χ0) is 25.5. The Morgan fingerprint density at radius 2 is 1.83 bits per heavy atom. The van der Waals surface area contributed by atoms with Crippen LogP contribution in [0.15, 0.2) is 58.4 Å². The number of thioether (sulfide) groups is 1. The van der Waals surface area contributed by atoms with Gasteiger partial charge in [0.1, 0.15) is 15.8 Å². The van der Waals surface area contributed by atoms with Gasteiger partial charge in [-0.15, -0.1) is 0 Å². The molecule has 1 fully saturated rings. The molecule has 0 bridgehead atoms. The van der Waals surface area contributed by atoms with Crippen LogP contribution in [0.5, 0.6) is 0 Å².